The van der Waals surface area contributed by atoms with Gasteiger partial charge in [-0.2, -0.15) is 0 Å². The number of urea groups is 1. The number of hydrogen-bond acceptors (Lipinski definition) is 3. The summed E-state index contributed by atoms with van der Waals surface area (Å²) in [5.41, 5.74) is 1.59. The van der Waals surface area contributed by atoms with Gasteiger partial charge in [-0.3, -0.25) is 4.90 Å². The van der Waals surface area contributed by atoms with Crippen molar-refractivity contribution in [3.05, 3.63) is 60.2 Å². The molecular weight excluding hydrogens is 359 g/mol. The van der Waals surface area contributed by atoms with E-state index in [0.29, 0.717) is 18.9 Å². The lowest BCUT2D eigenvalue weighted by Gasteiger charge is -2.35. The summed E-state index contributed by atoms with van der Waals surface area (Å²) in [6, 6.07) is 14.8. The van der Waals surface area contributed by atoms with Crippen LogP contribution in [0, 0.1) is 0 Å². The lowest BCUT2D eigenvalue weighted by molar-refractivity contribution is -0.274. The van der Waals surface area contributed by atoms with Crippen molar-refractivity contribution in [2.75, 3.05) is 25.1 Å². The Labute approximate surface area is 155 Å². The minimum atomic E-state index is -4.74. The minimum absolute atomic E-state index is 0.280. The maximum Gasteiger partial charge on any atom is 0.573 e. The molecule has 1 aliphatic heterocycles. The van der Waals surface area contributed by atoms with Crippen molar-refractivity contribution >= 4 is 11.7 Å². The molecule has 0 aliphatic carbocycles. The maximum absolute atomic E-state index is 12.5. The second-order valence-electron chi connectivity index (χ2n) is 6.30. The van der Waals surface area contributed by atoms with E-state index in [1.165, 1.54) is 29.8 Å². The molecule has 2 aromatic rings. The van der Waals surface area contributed by atoms with Crippen molar-refractivity contribution < 1.29 is 22.7 Å². The SMILES string of the molecule is O=C(Nc1ccc(OC(F)(F)F)cc1)N1CCCN(Cc2ccccc2)C1. The van der Waals surface area contributed by atoms with Crippen LogP contribution in [0.25, 0.3) is 0 Å². The highest BCUT2D eigenvalue weighted by molar-refractivity contribution is 5.89. The monoisotopic (exact) mass is 379 g/mol. The molecule has 3 rings (SSSR count). The van der Waals surface area contributed by atoms with Gasteiger partial charge in [0.2, 0.25) is 0 Å². The number of rotatable bonds is 4. The lowest BCUT2D eigenvalue weighted by Crippen LogP contribution is -2.48. The van der Waals surface area contributed by atoms with Crippen LogP contribution >= 0.6 is 0 Å². The first-order valence-corrected chi connectivity index (χ1v) is 8.57. The van der Waals surface area contributed by atoms with Gasteiger partial charge in [-0.05, 0) is 36.2 Å². The first-order valence-electron chi connectivity index (χ1n) is 8.57. The Morgan fingerprint density at radius 1 is 1.04 bits per heavy atom. The van der Waals surface area contributed by atoms with Gasteiger partial charge in [0.25, 0.3) is 0 Å². The average molecular weight is 379 g/mol. The quantitative estimate of drug-likeness (QED) is 0.862. The zero-order valence-electron chi connectivity index (χ0n) is 14.6. The average Bonchev–Trinajstić information content (AvgIpc) is 2.63. The number of ether oxygens (including phenoxy) is 1. The van der Waals surface area contributed by atoms with E-state index in [1.54, 1.807) is 4.90 Å². The highest BCUT2D eigenvalue weighted by Gasteiger charge is 2.31. The molecule has 0 bridgehead atoms. The highest BCUT2D eigenvalue weighted by atomic mass is 19.4. The molecular formula is C19H20F3N3O2. The van der Waals surface area contributed by atoms with E-state index in [4.69, 9.17) is 0 Å². The molecule has 144 valence electrons. The third kappa shape index (κ3) is 5.89. The van der Waals surface area contributed by atoms with Gasteiger partial charge < -0.3 is 15.0 Å². The topological polar surface area (TPSA) is 44.8 Å². The molecule has 5 nitrogen and oxygen atoms in total. The number of alkyl halides is 3. The summed E-state index contributed by atoms with van der Waals surface area (Å²) < 4.78 is 40.4. The largest absolute Gasteiger partial charge is 0.573 e. The fourth-order valence-corrected chi connectivity index (χ4v) is 2.95. The number of carbonyl (C=O) groups is 1. The fraction of sp³-hybridized carbons (Fsp3) is 0.316. The van der Waals surface area contributed by atoms with E-state index in [9.17, 15) is 18.0 Å². The normalized spacial score (nSPS) is 15.4. The Kier molecular flexibility index (Phi) is 5.85. The highest BCUT2D eigenvalue weighted by Crippen LogP contribution is 2.24. The first kappa shape index (κ1) is 19.0. The van der Waals surface area contributed by atoms with Crippen molar-refractivity contribution in [1.82, 2.24) is 9.80 Å². The standard InChI is InChI=1S/C19H20F3N3O2/c20-19(21,22)27-17-9-7-16(8-10-17)23-18(26)25-12-4-11-24(14-25)13-15-5-2-1-3-6-15/h1-3,5-10H,4,11-14H2,(H,23,26). The number of nitrogens with zero attached hydrogens (tertiary/aromatic N) is 2. The van der Waals surface area contributed by atoms with Crippen LogP contribution in [0.3, 0.4) is 0 Å². The van der Waals surface area contributed by atoms with E-state index in [0.717, 1.165) is 19.5 Å². The van der Waals surface area contributed by atoms with Crippen molar-refractivity contribution in [1.29, 1.82) is 0 Å². The number of benzene rings is 2. The Balaban J connectivity index is 1.54. The van der Waals surface area contributed by atoms with E-state index in [-0.39, 0.29) is 11.8 Å². The molecule has 0 unspecified atom stereocenters. The van der Waals surface area contributed by atoms with Crippen molar-refractivity contribution in [3.63, 3.8) is 0 Å². The lowest BCUT2D eigenvalue weighted by atomic mass is 10.2. The third-order valence-electron chi connectivity index (χ3n) is 4.15. The van der Waals surface area contributed by atoms with Crippen molar-refractivity contribution in [3.8, 4) is 5.75 Å². The second-order valence-corrected chi connectivity index (χ2v) is 6.30. The van der Waals surface area contributed by atoms with Crippen LogP contribution in [0.2, 0.25) is 0 Å². The molecule has 1 heterocycles. The molecule has 1 fully saturated rings. The van der Waals surface area contributed by atoms with Crippen molar-refractivity contribution in [2.45, 2.75) is 19.3 Å². The molecule has 1 saturated heterocycles. The zero-order valence-corrected chi connectivity index (χ0v) is 14.6. The zero-order chi connectivity index (χ0) is 19.3. The summed E-state index contributed by atoms with van der Waals surface area (Å²) in [5, 5.41) is 2.71. The van der Waals surface area contributed by atoms with Crippen LogP contribution in [-0.2, 0) is 6.54 Å². The van der Waals surface area contributed by atoms with Gasteiger partial charge >= 0.3 is 12.4 Å². The van der Waals surface area contributed by atoms with E-state index >= 15 is 0 Å². The molecule has 1 N–H and O–H groups in total. The molecule has 2 aromatic carbocycles. The number of halogens is 3. The summed E-state index contributed by atoms with van der Waals surface area (Å²) in [4.78, 5) is 16.3. The van der Waals surface area contributed by atoms with Gasteiger partial charge in [0.1, 0.15) is 5.75 Å². The molecule has 0 saturated carbocycles. The molecule has 0 aromatic heterocycles. The van der Waals surface area contributed by atoms with Crippen LogP contribution in [0.1, 0.15) is 12.0 Å². The van der Waals surface area contributed by atoms with Crippen molar-refractivity contribution in [2.24, 2.45) is 0 Å². The van der Waals surface area contributed by atoms with Gasteiger partial charge in [-0.15, -0.1) is 13.2 Å². The molecule has 0 atom stereocenters. The number of anilines is 1. The van der Waals surface area contributed by atoms with Gasteiger partial charge in [-0.1, -0.05) is 30.3 Å². The van der Waals surface area contributed by atoms with Gasteiger partial charge in [0.05, 0.1) is 6.67 Å². The number of hydrogen-bond donors (Lipinski definition) is 1. The van der Waals surface area contributed by atoms with Gasteiger partial charge in [0.15, 0.2) is 0 Å². The number of carbonyl (C=O) groups excluding carboxylic acids is 1. The minimum Gasteiger partial charge on any atom is -0.406 e. The van der Waals surface area contributed by atoms with Crippen LogP contribution in [0.4, 0.5) is 23.7 Å². The third-order valence-corrected chi connectivity index (χ3v) is 4.15. The summed E-state index contributed by atoms with van der Waals surface area (Å²) >= 11 is 0. The van der Waals surface area contributed by atoms with Crippen LogP contribution in [-0.4, -0.2) is 42.0 Å². The predicted octanol–water partition coefficient (Wildman–Crippen LogP) is 4.28. The summed E-state index contributed by atoms with van der Waals surface area (Å²) in [6.45, 7) is 2.79. The molecule has 0 radical (unpaired) electrons. The van der Waals surface area contributed by atoms with Gasteiger partial charge in [0, 0.05) is 25.3 Å². The smallest absolute Gasteiger partial charge is 0.406 e. The molecule has 2 amide bonds. The summed E-state index contributed by atoms with van der Waals surface area (Å²) in [7, 11) is 0. The number of nitrogens with one attached hydrogen (secondary N) is 1. The molecule has 8 heteroatoms. The van der Waals surface area contributed by atoms with Gasteiger partial charge in [-0.25, -0.2) is 4.79 Å². The molecule has 1 aliphatic rings. The van der Waals surface area contributed by atoms with Crippen LogP contribution in [0.5, 0.6) is 5.75 Å². The fourth-order valence-electron chi connectivity index (χ4n) is 2.95. The maximum atomic E-state index is 12.5. The second kappa shape index (κ2) is 8.30. The van der Waals surface area contributed by atoms with E-state index in [2.05, 4.69) is 15.0 Å². The summed E-state index contributed by atoms with van der Waals surface area (Å²) in [6.07, 6.45) is -3.88. The van der Waals surface area contributed by atoms with E-state index < -0.39 is 6.36 Å². The molecule has 27 heavy (non-hydrogen) atoms. The van der Waals surface area contributed by atoms with Crippen LogP contribution in [0.15, 0.2) is 54.6 Å². The Bertz CT molecular complexity index is 751. The Hall–Kier alpha value is -2.74. The van der Waals surface area contributed by atoms with E-state index in [1.807, 2.05) is 30.3 Å². The number of amides is 2. The summed E-state index contributed by atoms with van der Waals surface area (Å²) in [5.74, 6) is -0.326. The Morgan fingerprint density at radius 2 is 1.74 bits per heavy atom. The Morgan fingerprint density at radius 3 is 2.41 bits per heavy atom. The predicted molar refractivity (Wildman–Crippen MR) is 95.2 cm³/mol. The molecule has 0 spiro atoms. The first-order chi connectivity index (χ1) is 12.9. The van der Waals surface area contributed by atoms with Crippen LogP contribution < -0.4 is 10.1 Å².